The van der Waals surface area contributed by atoms with Crippen LogP contribution in [0.25, 0.3) is 0 Å². The highest BCUT2D eigenvalue weighted by molar-refractivity contribution is 5.96. The molecule has 3 heteroatoms. The number of aryl methyl sites for hydroxylation is 2. The Labute approximate surface area is 109 Å². The van der Waals surface area contributed by atoms with E-state index in [2.05, 4.69) is 0 Å². The second kappa shape index (κ2) is 5.53. The van der Waals surface area contributed by atoms with E-state index in [0.717, 1.165) is 36.1 Å². The first kappa shape index (κ1) is 13.1. The Bertz CT molecular complexity index is 442. The van der Waals surface area contributed by atoms with E-state index >= 15 is 0 Å². The lowest BCUT2D eigenvalue weighted by molar-refractivity contribution is 0.0622. The van der Waals surface area contributed by atoms with Crippen LogP contribution in [0.5, 0.6) is 0 Å². The molecule has 0 unspecified atom stereocenters. The average molecular weight is 246 g/mol. The molecule has 1 saturated heterocycles. The van der Waals surface area contributed by atoms with Gasteiger partial charge in [-0.3, -0.25) is 4.79 Å². The fourth-order valence-electron chi connectivity index (χ4n) is 2.63. The van der Waals surface area contributed by atoms with Crippen molar-refractivity contribution in [2.45, 2.75) is 39.2 Å². The predicted octanol–water partition coefficient (Wildman–Crippen LogP) is 2.26. The first-order valence-electron chi connectivity index (χ1n) is 6.71. The minimum absolute atomic E-state index is 0.145. The topological polar surface area (TPSA) is 46.3 Å². The zero-order chi connectivity index (χ0) is 13.1. The summed E-state index contributed by atoms with van der Waals surface area (Å²) in [6, 6.07) is 6.26. The smallest absolute Gasteiger partial charge is 0.254 e. The molecule has 0 radical (unpaired) electrons. The number of likely N-dealkylation sites (tertiary alicyclic amines) is 1. The van der Waals surface area contributed by atoms with Gasteiger partial charge in [0.05, 0.1) is 0 Å². The molecule has 1 heterocycles. The molecular formula is C15H22N2O. The van der Waals surface area contributed by atoms with Gasteiger partial charge in [-0.05, 0) is 44.7 Å². The van der Waals surface area contributed by atoms with Crippen molar-refractivity contribution in [3.05, 3.63) is 34.9 Å². The summed E-state index contributed by atoms with van der Waals surface area (Å²) in [7, 11) is 0. The normalized spacial score (nSPS) is 19.9. The molecule has 1 aliphatic rings. The van der Waals surface area contributed by atoms with Crippen LogP contribution in [0.15, 0.2) is 18.2 Å². The Kier molecular flexibility index (Phi) is 4.02. The van der Waals surface area contributed by atoms with E-state index in [9.17, 15) is 4.79 Å². The van der Waals surface area contributed by atoms with Crippen molar-refractivity contribution in [3.63, 3.8) is 0 Å². The molecule has 1 aliphatic heterocycles. The molecule has 0 bridgehead atoms. The van der Waals surface area contributed by atoms with Crippen molar-refractivity contribution in [3.8, 4) is 0 Å². The Morgan fingerprint density at radius 3 is 2.89 bits per heavy atom. The molecule has 98 valence electrons. The summed E-state index contributed by atoms with van der Waals surface area (Å²) >= 11 is 0. The zero-order valence-corrected chi connectivity index (χ0v) is 11.3. The van der Waals surface area contributed by atoms with Crippen molar-refractivity contribution in [1.82, 2.24) is 4.90 Å². The van der Waals surface area contributed by atoms with Gasteiger partial charge in [0.1, 0.15) is 0 Å². The van der Waals surface area contributed by atoms with E-state index in [1.807, 2.05) is 36.9 Å². The number of nitrogens with zero attached hydrogens (tertiary/aromatic N) is 1. The molecule has 1 atom stereocenters. The lowest BCUT2D eigenvalue weighted by atomic mass is 9.98. The highest BCUT2D eigenvalue weighted by atomic mass is 16.2. The van der Waals surface area contributed by atoms with Crippen LogP contribution >= 0.6 is 0 Å². The molecule has 1 aromatic carbocycles. The third kappa shape index (κ3) is 2.56. The van der Waals surface area contributed by atoms with Crippen molar-refractivity contribution < 1.29 is 4.79 Å². The lowest BCUT2D eigenvalue weighted by Gasteiger charge is -2.35. The van der Waals surface area contributed by atoms with Crippen molar-refractivity contribution >= 4 is 5.91 Å². The summed E-state index contributed by atoms with van der Waals surface area (Å²) in [6.45, 7) is 5.42. The predicted molar refractivity (Wildman–Crippen MR) is 73.6 cm³/mol. The number of hydrogen-bond acceptors (Lipinski definition) is 2. The summed E-state index contributed by atoms with van der Waals surface area (Å²) in [4.78, 5) is 14.6. The zero-order valence-electron chi connectivity index (χ0n) is 11.3. The number of carbonyl (C=O) groups is 1. The van der Waals surface area contributed by atoms with Crippen molar-refractivity contribution in [2.24, 2.45) is 5.73 Å². The maximum absolute atomic E-state index is 12.6. The lowest BCUT2D eigenvalue weighted by Crippen LogP contribution is -2.47. The Morgan fingerprint density at radius 1 is 1.39 bits per heavy atom. The Balaban J connectivity index is 2.26. The maximum Gasteiger partial charge on any atom is 0.254 e. The van der Waals surface area contributed by atoms with Crippen LogP contribution in [0, 0.1) is 13.8 Å². The SMILES string of the molecule is Cc1ccc(C)c(C(=O)N2CCCC[C@@H]2CN)c1. The standard InChI is InChI=1S/C15H22N2O/c1-11-6-7-12(2)14(9-11)15(18)17-8-4-3-5-13(17)10-16/h6-7,9,13H,3-5,8,10,16H2,1-2H3/t13-/m1/s1. The molecular weight excluding hydrogens is 224 g/mol. The second-order valence-corrected chi connectivity index (χ2v) is 5.20. The first-order chi connectivity index (χ1) is 8.63. The molecule has 1 amide bonds. The third-order valence-electron chi connectivity index (χ3n) is 3.78. The highest BCUT2D eigenvalue weighted by Crippen LogP contribution is 2.21. The van der Waals surface area contributed by atoms with Crippen molar-refractivity contribution in [2.75, 3.05) is 13.1 Å². The molecule has 0 spiro atoms. The van der Waals surface area contributed by atoms with E-state index in [4.69, 9.17) is 5.73 Å². The highest BCUT2D eigenvalue weighted by Gasteiger charge is 2.27. The fraction of sp³-hybridized carbons (Fsp3) is 0.533. The van der Waals surface area contributed by atoms with E-state index in [1.165, 1.54) is 6.42 Å². The number of benzene rings is 1. The van der Waals surface area contributed by atoms with Gasteiger partial charge in [-0.25, -0.2) is 0 Å². The van der Waals surface area contributed by atoms with Gasteiger partial charge < -0.3 is 10.6 Å². The summed E-state index contributed by atoms with van der Waals surface area (Å²) in [5.41, 5.74) is 8.79. The molecule has 3 nitrogen and oxygen atoms in total. The van der Waals surface area contributed by atoms with Gasteiger partial charge in [0.25, 0.3) is 5.91 Å². The van der Waals surface area contributed by atoms with Gasteiger partial charge in [0.2, 0.25) is 0 Å². The van der Waals surface area contributed by atoms with E-state index in [-0.39, 0.29) is 11.9 Å². The summed E-state index contributed by atoms with van der Waals surface area (Å²) in [5, 5.41) is 0. The number of hydrogen-bond donors (Lipinski definition) is 1. The van der Waals surface area contributed by atoms with E-state index in [1.54, 1.807) is 0 Å². The Hall–Kier alpha value is -1.35. The molecule has 0 saturated carbocycles. The van der Waals surface area contributed by atoms with Crippen LogP contribution in [-0.4, -0.2) is 29.9 Å². The van der Waals surface area contributed by atoms with Crippen LogP contribution in [0.4, 0.5) is 0 Å². The van der Waals surface area contributed by atoms with E-state index < -0.39 is 0 Å². The van der Waals surface area contributed by atoms with Crippen LogP contribution in [0.1, 0.15) is 40.7 Å². The molecule has 1 fully saturated rings. The number of amides is 1. The third-order valence-corrected chi connectivity index (χ3v) is 3.78. The first-order valence-corrected chi connectivity index (χ1v) is 6.71. The molecule has 2 rings (SSSR count). The average Bonchev–Trinajstić information content (AvgIpc) is 2.40. The molecule has 2 N–H and O–H groups in total. The number of carbonyl (C=O) groups excluding carboxylic acids is 1. The van der Waals surface area contributed by atoms with Crippen LogP contribution in [0.3, 0.4) is 0 Å². The Morgan fingerprint density at radius 2 is 2.17 bits per heavy atom. The quantitative estimate of drug-likeness (QED) is 0.870. The molecule has 0 aliphatic carbocycles. The van der Waals surface area contributed by atoms with E-state index in [0.29, 0.717) is 6.54 Å². The minimum Gasteiger partial charge on any atom is -0.334 e. The van der Waals surface area contributed by atoms with Crippen LogP contribution in [-0.2, 0) is 0 Å². The summed E-state index contributed by atoms with van der Waals surface area (Å²) in [5.74, 6) is 0.145. The number of rotatable bonds is 2. The number of nitrogens with two attached hydrogens (primary N) is 1. The maximum atomic E-state index is 12.6. The van der Waals surface area contributed by atoms with Gasteiger partial charge in [-0.1, -0.05) is 17.7 Å². The molecule has 0 aromatic heterocycles. The fourth-order valence-corrected chi connectivity index (χ4v) is 2.63. The molecule has 1 aromatic rings. The van der Waals surface area contributed by atoms with Crippen LogP contribution < -0.4 is 5.73 Å². The number of piperidine rings is 1. The summed E-state index contributed by atoms with van der Waals surface area (Å²) in [6.07, 6.45) is 3.30. The second-order valence-electron chi connectivity index (χ2n) is 5.20. The van der Waals surface area contributed by atoms with Gasteiger partial charge >= 0.3 is 0 Å². The van der Waals surface area contributed by atoms with Gasteiger partial charge in [0, 0.05) is 24.7 Å². The summed E-state index contributed by atoms with van der Waals surface area (Å²) < 4.78 is 0. The van der Waals surface area contributed by atoms with Gasteiger partial charge in [-0.15, -0.1) is 0 Å². The monoisotopic (exact) mass is 246 g/mol. The van der Waals surface area contributed by atoms with Gasteiger partial charge in [-0.2, -0.15) is 0 Å². The minimum atomic E-state index is 0.145. The van der Waals surface area contributed by atoms with Gasteiger partial charge in [0.15, 0.2) is 0 Å². The largest absolute Gasteiger partial charge is 0.334 e. The molecule has 18 heavy (non-hydrogen) atoms. The van der Waals surface area contributed by atoms with Crippen molar-refractivity contribution in [1.29, 1.82) is 0 Å². The van der Waals surface area contributed by atoms with Crippen LogP contribution in [0.2, 0.25) is 0 Å².